The maximum atomic E-state index is 12.5. The van der Waals surface area contributed by atoms with Crippen LogP contribution in [0.4, 0.5) is 22.7 Å². The van der Waals surface area contributed by atoms with E-state index < -0.39 is 36.3 Å². The summed E-state index contributed by atoms with van der Waals surface area (Å²) >= 11 is 0. The van der Waals surface area contributed by atoms with Gasteiger partial charge in [-0.15, -0.1) is 0 Å². The van der Waals surface area contributed by atoms with Crippen molar-refractivity contribution >= 4 is 53.1 Å². The van der Waals surface area contributed by atoms with Crippen LogP contribution in [0.1, 0.15) is 56.0 Å². The van der Waals surface area contributed by atoms with Crippen LogP contribution in [-0.2, 0) is 30.4 Å². The molecule has 0 aliphatic rings. The van der Waals surface area contributed by atoms with Gasteiger partial charge in [0.05, 0.1) is 4.90 Å². The molecule has 0 aromatic heterocycles. The number of hydrogen-bond donors (Lipinski definition) is 5. The number of anilines is 4. The Bertz CT molecular complexity index is 2360. The molecule has 0 atom stereocenters. The molecular weight excluding hydrogens is 713 g/mol. The highest BCUT2D eigenvalue weighted by Crippen LogP contribution is 2.39. The van der Waals surface area contributed by atoms with E-state index in [0.29, 0.717) is 61.7 Å². The fraction of sp³-hybridized carbons (Fsp3) is 0.189. The average molecular weight is 751 g/mol. The molecule has 0 unspecified atom stereocenters. The summed E-state index contributed by atoms with van der Waals surface area (Å²) in [5.41, 5.74) is 7.00. The number of nitrogens with one attached hydrogen (secondary N) is 2. The molecule has 5 aromatic carbocycles. The van der Waals surface area contributed by atoms with Crippen molar-refractivity contribution in [1.82, 2.24) is 0 Å². The van der Waals surface area contributed by atoms with Crippen molar-refractivity contribution in [3.8, 4) is 0 Å². The van der Waals surface area contributed by atoms with Gasteiger partial charge in [-0.3, -0.25) is 13.7 Å². The number of rotatable bonds is 10. The van der Waals surface area contributed by atoms with Crippen LogP contribution in [0.5, 0.6) is 0 Å². The minimum absolute atomic E-state index is 0.168. The van der Waals surface area contributed by atoms with E-state index in [4.69, 9.17) is 0 Å². The third-order valence-electron chi connectivity index (χ3n) is 8.85. The van der Waals surface area contributed by atoms with Crippen LogP contribution in [0.25, 0.3) is 0 Å². The van der Waals surface area contributed by atoms with Crippen molar-refractivity contribution in [2.75, 3.05) is 10.6 Å². The van der Waals surface area contributed by atoms with Crippen LogP contribution in [-0.4, -0.2) is 38.9 Å². The highest BCUT2D eigenvalue weighted by molar-refractivity contribution is 7.86. The average Bonchev–Trinajstić information content (AvgIpc) is 3.01. The fourth-order valence-electron chi connectivity index (χ4n) is 6.83. The SMILES string of the molecule is Cc1cc(C)c(S(=O)(=O)O)c(C)c1Nc1ccc(C(c2ccc(Nc3c(C)cc(C)c(S(=O)(=O)O)c3C)cc2)c2ccccc2S(=O)(=O)O)cc1. The first-order chi connectivity index (χ1) is 23.7. The lowest BCUT2D eigenvalue weighted by Gasteiger charge is -2.23. The molecule has 51 heavy (non-hydrogen) atoms. The Balaban J connectivity index is 1.56. The van der Waals surface area contributed by atoms with Crippen LogP contribution < -0.4 is 10.6 Å². The minimum atomic E-state index is -4.61. The zero-order valence-electron chi connectivity index (χ0n) is 28.7. The van der Waals surface area contributed by atoms with Crippen molar-refractivity contribution in [3.05, 3.63) is 135 Å². The van der Waals surface area contributed by atoms with Crippen LogP contribution in [0.3, 0.4) is 0 Å². The molecule has 0 amide bonds. The molecule has 0 aliphatic heterocycles. The summed E-state index contributed by atoms with van der Waals surface area (Å²) in [6, 6.07) is 23.7. The molecule has 0 radical (unpaired) electrons. The Morgan fingerprint density at radius 3 is 1.22 bits per heavy atom. The lowest BCUT2D eigenvalue weighted by atomic mass is 9.85. The van der Waals surface area contributed by atoms with Gasteiger partial charge in [0.1, 0.15) is 9.79 Å². The molecule has 0 fully saturated rings. The quantitative estimate of drug-likeness (QED) is 0.0689. The fourth-order valence-corrected chi connectivity index (χ4v) is 9.47. The summed E-state index contributed by atoms with van der Waals surface area (Å²) in [4.78, 5) is -0.594. The molecule has 14 heteroatoms. The molecule has 268 valence electrons. The van der Waals surface area contributed by atoms with E-state index in [9.17, 15) is 38.9 Å². The van der Waals surface area contributed by atoms with Gasteiger partial charge in [-0.25, -0.2) is 0 Å². The second-order valence-corrected chi connectivity index (χ2v) is 16.7. The third-order valence-corrected chi connectivity index (χ3v) is 12.1. The van der Waals surface area contributed by atoms with E-state index in [0.717, 1.165) is 11.1 Å². The first-order valence-electron chi connectivity index (χ1n) is 15.7. The highest BCUT2D eigenvalue weighted by Gasteiger charge is 2.26. The Morgan fingerprint density at radius 1 is 0.490 bits per heavy atom. The van der Waals surface area contributed by atoms with E-state index in [1.165, 1.54) is 12.1 Å². The van der Waals surface area contributed by atoms with E-state index in [1.54, 1.807) is 100 Å². The van der Waals surface area contributed by atoms with Gasteiger partial charge in [-0.2, -0.15) is 25.3 Å². The van der Waals surface area contributed by atoms with Crippen molar-refractivity contribution in [2.24, 2.45) is 0 Å². The summed E-state index contributed by atoms with van der Waals surface area (Å²) < 4.78 is 103. The third kappa shape index (κ3) is 7.86. The zero-order valence-corrected chi connectivity index (χ0v) is 31.1. The van der Waals surface area contributed by atoms with Crippen LogP contribution in [0.2, 0.25) is 0 Å². The molecule has 0 heterocycles. The molecule has 5 N–H and O–H groups in total. The number of aryl methyl sites for hydroxylation is 4. The first kappa shape index (κ1) is 37.7. The number of hydrogen-bond acceptors (Lipinski definition) is 8. The highest BCUT2D eigenvalue weighted by atomic mass is 32.2. The van der Waals surface area contributed by atoms with Crippen LogP contribution in [0, 0.1) is 41.5 Å². The summed E-state index contributed by atoms with van der Waals surface area (Å²) in [7, 11) is -13.6. The van der Waals surface area contributed by atoms with Gasteiger partial charge in [-0.1, -0.05) is 54.6 Å². The molecular formula is C37H38N2O9S3. The molecule has 0 saturated heterocycles. The molecule has 5 aromatic rings. The first-order valence-corrected chi connectivity index (χ1v) is 20.0. The van der Waals surface area contributed by atoms with Gasteiger partial charge in [0, 0.05) is 28.7 Å². The monoisotopic (exact) mass is 750 g/mol. The normalized spacial score (nSPS) is 12.3. The summed E-state index contributed by atoms with van der Waals surface area (Å²) in [5, 5.41) is 6.49. The van der Waals surface area contributed by atoms with Gasteiger partial charge < -0.3 is 10.6 Å². The Labute approximate surface area is 298 Å². The predicted molar refractivity (Wildman–Crippen MR) is 198 cm³/mol. The Kier molecular flexibility index (Phi) is 10.2. The van der Waals surface area contributed by atoms with E-state index >= 15 is 0 Å². The van der Waals surface area contributed by atoms with Gasteiger partial charge in [0.15, 0.2) is 0 Å². The van der Waals surface area contributed by atoms with Crippen molar-refractivity contribution < 1.29 is 38.9 Å². The van der Waals surface area contributed by atoms with Crippen LogP contribution in [0.15, 0.2) is 99.6 Å². The van der Waals surface area contributed by atoms with Crippen molar-refractivity contribution in [3.63, 3.8) is 0 Å². The van der Waals surface area contributed by atoms with Crippen molar-refractivity contribution in [2.45, 2.75) is 62.1 Å². The predicted octanol–water partition coefficient (Wildman–Crippen LogP) is 7.94. The van der Waals surface area contributed by atoms with Gasteiger partial charge in [0.2, 0.25) is 0 Å². The van der Waals surface area contributed by atoms with Gasteiger partial charge in [0.25, 0.3) is 30.4 Å². The Morgan fingerprint density at radius 2 is 0.863 bits per heavy atom. The maximum Gasteiger partial charge on any atom is 0.295 e. The molecule has 0 bridgehead atoms. The lowest BCUT2D eigenvalue weighted by Crippen LogP contribution is -2.11. The topological polar surface area (TPSA) is 187 Å². The Hall–Kier alpha value is -4.57. The lowest BCUT2D eigenvalue weighted by molar-refractivity contribution is 0.479. The second-order valence-electron chi connectivity index (χ2n) is 12.6. The van der Waals surface area contributed by atoms with E-state index in [1.807, 2.05) is 13.8 Å². The van der Waals surface area contributed by atoms with Crippen molar-refractivity contribution in [1.29, 1.82) is 0 Å². The second kappa shape index (κ2) is 13.9. The zero-order chi connectivity index (χ0) is 37.6. The molecule has 0 spiro atoms. The summed E-state index contributed by atoms with van der Waals surface area (Å²) in [6.45, 7) is 10.1. The van der Waals surface area contributed by atoms with Gasteiger partial charge in [-0.05, 0) is 122 Å². The molecule has 0 saturated carbocycles. The largest absolute Gasteiger partial charge is 0.355 e. The summed E-state index contributed by atoms with van der Waals surface area (Å²) in [5.74, 6) is -0.672. The van der Waals surface area contributed by atoms with E-state index in [2.05, 4.69) is 10.6 Å². The maximum absolute atomic E-state index is 12.5. The smallest absolute Gasteiger partial charge is 0.295 e. The molecule has 5 rings (SSSR count). The number of benzene rings is 5. The van der Waals surface area contributed by atoms with Crippen LogP contribution >= 0.6 is 0 Å². The molecule has 0 aliphatic carbocycles. The van der Waals surface area contributed by atoms with E-state index in [-0.39, 0.29) is 14.7 Å². The minimum Gasteiger partial charge on any atom is -0.355 e. The van der Waals surface area contributed by atoms with Gasteiger partial charge >= 0.3 is 0 Å². The standard InChI is InChI=1S/C37H38N2O9S3/c1-21-19-23(3)36(50(43,44)45)25(5)34(21)38-29-15-11-27(12-16-29)33(31-9-7-8-10-32(31)49(40,41)42)28-13-17-30(18-14-28)39-35-22(2)20-24(4)37(26(35)6)51(46,47)48/h7-20,33,38-39H,1-6H3,(H,40,41,42)(H,43,44,45)(H,46,47,48). The summed E-state index contributed by atoms with van der Waals surface area (Å²) in [6.07, 6.45) is 0. The molecule has 11 nitrogen and oxygen atoms in total.